The fourth-order valence-electron chi connectivity index (χ4n) is 2.95. The molecule has 0 atom stereocenters. The Morgan fingerprint density at radius 2 is 1.71 bits per heavy atom. The van der Waals surface area contributed by atoms with E-state index in [0.717, 1.165) is 16.5 Å². The van der Waals surface area contributed by atoms with Crippen LogP contribution >= 0.6 is 11.6 Å². The van der Waals surface area contributed by atoms with Crippen LogP contribution in [0.1, 0.15) is 15.9 Å². The van der Waals surface area contributed by atoms with Gasteiger partial charge in [0, 0.05) is 35.0 Å². The molecular weight excluding hydrogens is 372 g/mol. The molecular formula is C22H17ClN4O. The van der Waals surface area contributed by atoms with E-state index < -0.39 is 0 Å². The lowest BCUT2D eigenvalue weighted by atomic mass is 10.1. The zero-order valence-electron chi connectivity index (χ0n) is 14.9. The zero-order chi connectivity index (χ0) is 19.3. The minimum atomic E-state index is -0.238. The zero-order valence-corrected chi connectivity index (χ0v) is 15.6. The highest BCUT2D eigenvalue weighted by Crippen LogP contribution is 2.20. The fourth-order valence-corrected chi connectivity index (χ4v) is 3.08. The van der Waals surface area contributed by atoms with Gasteiger partial charge in [-0.15, -0.1) is 0 Å². The second kappa shape index (κ2) is 8.06. The van der Waals surface area contributed by atoms with Gasteiger partial charge in [-0.05, 0) is 54.1 Å². The van der Waals surface area contributed by atoms with Crippen LogP contribution < -0.4 is 10.6 Å². The number of pyridine rings is 2. The molecule has 0 spiro atoms. The molecule has 2 heterocycles. The highest BCUT2D eigenvalue weighted by Gasteiger charge is 2.13. The van der Waals surface area contributed by atoms with E-state index in [1.807, 2.05) is 30.3 Å². The number of anilines is 2. The first-order chi connectivity index (χ1) is 13.7. The van der Waals surface area contributed by atoms with Crippen molar-refractivity contribution in [2.75, 3.05) is 10.6 Å². The minimum absolute atomic E-state index is 0.238. The number of para-hydroxylation sites is 1. The number of amides is 1. The predicted octanol–water partition coefficient (Wildman–Crippen LogP) is 5.15. The Bertz CT molecular complexity index is 1120. The lowest BCUT2D eigenvalue weighted by molar-refractivity contribution is 0.102. The summed E-state index contributed by atoms with van der Waals surface area (Å²) in [6, 6.07) is 20.4. The minimum Gasteiger partial charge on any atom is -0.365 e. The topological polar surface area (TPSA) is 66.9 Å². The molecule has 0 unspecified atom stereocenters. The first-order valence-electron chi connectivity index (χ1n) is 8.79. The molecule has 28 heavy (non-hydrogen) atoms. The van der Waals surface area contributed by atoms with Gasteiger partial charge in [0.25, 0.3) is 5.91 Å². The van der Waals surface area contributed by atoms with Crippen molar-refractivity contribution in [2.24, 2.45) is 0 Å². The Hall–Kier alpha value is -3.44. The fraction of sp³-hybridized carbons (Fsp3) is 0.0455. The van der Waals surface area contributed by atoms with Crippen LogP contribution in [0.2, 0.25) is 5.02 Å². The maximum atomic E-state index is 12.7. The first-order valence-corrected chi connectivity index (χ1v) is 9.17. The van der Waals surface area contributed by atoms with E-state index in [0.29, 0.717) is 28.6 Å². The lowest BCUT2D eigenvalue weighted by Gasteiger charge is -2.12. The predicted molar refractivity (Wildman–Crippen MR) is 113 cm³/mol. The van der Waals surface area contributed by atoms with Gasteiger partial charge in [-0.1, -0.05) is 29.8 Å². The van der Waals surface area contributed by atoms with Gasteiger partial charge in [0.05, 0.1) is 11.1 Å². The molecule has 2 N–H and O–H groups in total. The van der Waals surface area contributed by atoms with Gasteiger partial charge in [-0.3, -0.25) is 9.78 Å². The van der Waals surface area contributed by atoms with Crippen molar-refractivity contribution in [3.8, 4) is 0 Å². The Balaban J connectivity index is 1.54. The number of carbonyl (C=O) groups excluding carboxylic acids is 1. The van der Waals surface area contributed by atoms with Crippen LogP contribution in [-0.4, -0.2) is 15.9 Å². The number of aromatic nitrogens is 2. The summed E-state index contributed by atoms with van der Waals surface area (Å²) >= 11 is 5.89. The largest absolute Gasteiger partial charge is 0.365 e. The lowest BCUT2D eigenvalue weighted by Crippen LogP contribution is -2.15. The summed E-state index contributed by atoms with van der Waals surface area (Å²) in [5.74, 6) is 0.285. The maximum Gasteiger partial charge on any atom is 0.259 e. The molecule has 0 saturated heterocycles. The van der Waals surface area contributed by atoms with Crippen LogP contribution in [0.3, 0.4) is 0 Å². The molecule has 0 aliphatic rings. The van der Waals surface area contributed by atoms with Gasteiger partial charge >= 0.3 is 0 Å². The summed E-state index contributed by atoms with van der Waals surface area (Å²) in [7, 11) is 0. The summed E-state index contributed by atoms with van der Waals surface area (Å²) < 4.78 is 0. The second-order valence-corrected chi connectivity index (χ2v) is 6.64. The van der Waals surface area contributed by atoms with E-state index in [9.17, 15) is 4.79 Å². The second-order valence-electron chi connectivity index (χ2n) is 6.20. The number of halogens is 1. The molecule has 5 nitrogen and oxygen atoms in total. The Labute approximate surface area is 167 Å². The molecule has 0 saturated carbocycles. The average Bonchev–Trinajstić information content (AvgIpc) is 2.74. The normalized spacial score (nSPS) is 10.6. The SMILES string of the molecule is O=C(Nc1ccc(Cl)cc1)c1cccnc1NCc1ccnc2ccccc12. The monoisotopic (exact) mass is 388 g/mol. The number of nitrogens with one attached hydrogen (secondary N) is 2. The Morgan fingerprint density at radius 1 is 0.893 bits per heavy atom. The van der Waals surface area contributed by atoms with Gasteiger partial charge in [0.15, 0.2) is 0 Å². The van der Waals surface area contributed by atoms with Crippen molar-refractivity contribution < 1.29 is 4.79 Å². The van der Waals surface area contributed by atoms with E-state index in [1.54, 1.807) is 48.8 Å². The van der Waals surface area contributed by atoms with E-state index in [-0.39, 0.29) is 5.91 Å². The molecule has 0 bridgehead atoms. The van der Waals surface area contributed by atoms with E-state index in [4.69, 9.17) is 11.6 Å². The number of fused-ring (bicyclic) bond motifs is 1. The number of hydrogen-bond donors (Lipinski definition) is 2. The summed E-state index contributed by atoms with van der Waals surface area (Å²) in [6.45, 7) is 0.529. The molecule has 4 aromatic rings. The van der Waals surface area contributed by atoms with Crippen LogP contribution in [0.15, 0.2) is 79.1 Å². The molecule has 4 rings (SSSR count). The third-order valence-electron chi connectivity index (χ3n) is 4.34. The van der Waals surface area contributed by atoms with Crippen molar-refractivity contribution in [1.29, 1.82) is 0 Å². The van der Waals surface area contributed by atoms with Crippen molar-refractivity contribution in [2.45, 2.75) is 6.54 Å². The molecule has 6 heteroatoms. The molecule has 2 aromatic heterocycles. The molecule has 0 fully saturated rings. The van der Waals surface area contributed by atoms with Crippen molar-refractivity contribution in [3.05, 3.63) is 95.3 Å². The molecule has 0 aliphatic heterocycles. The Morgan fingerprint density at radius 3 is 2.57 bits per heavy atom. The van der Waals surface area contributed by atoms with Crippen LogP contribution in [0.5, 0.6) is 0 Å². The van der Waals surface area contributed by atoms with Crippen LogP contribution in [-0.2, 0) is 6.54 Å². The van der Waals surface area contributed by atoms with Gasteiger partial charge in [0.1, 0.15) is 5.82 Å². The van der Waals surface area contributed by atoms with Gasteiger partial charge < -0.3 is 10.6 Å². The highest BCUT2D eigenvalue weighted by atomic mass is 35.5. The van der Waals surface area contributed by atoms with Crippen molar-refractivity contribution >= 4 is 39.9 Å². The van der Waals surface area contributed by atoms with Gasteiger partial charge in [-0.2, -0.15) is 0 Å². The molecule has 2 aromatic carbocycles. The molecule has 0 radical (unpaired) electrons. The molecule has 0 aliphatic carbocycles. The Kier molecular flexibility index (Phi) is 5.17. The molecule has 1 amide bonds. The van der Waals surface area contributed by atoms with E-state index >= 15 is 0 Å². The number of rotatable bonds is 5. The third-order valence-corrected chi connectivity index (χ3v) is 4.59. The number of hydrogen-bond acceptors (Lipinski definition) is 4. The number of nitrogens with zero attached hydrogens (tertiary/aromatic N) is 2. The van der Waals surface area contributed by atoms with Crippen LogP contribution in [0, 0.1) is 0 Å². The molecule has 138 valence electrons. The van der Waals surface area contributed by atoms with Crippen LogP contribution in [0.4, 0.5) is 11.5 Å². The van der Waals surface area contributed by atoms with Crippen LogP contribution in [0.25, 0.3) is 10.9 Å². The number of carbonyl (C=O) groups is 1. The third kappa shape index (κ3) is 3.94. The van der Waals surface area contributed by atoms with E-state index in [1.165, 1.54) is 0 Å². The van der Waals surface area contributed by atoms with E-state index in [2.05, 4.69) is 20.6 Å². The summed E-state index contributed by atoms with van der Waals surface area (Å²) in [4.78, 5) is 21.4. The van der Waals surface area contributed by atoms with Crippen molar-refractivity contribution in [1.82, 2.24) is 9.97 Å². The highest BCUT2D eigenvalue weighted by molar-refractivity contribution is 6.30. The quantitative estimate of drug-likeness (QED) is 0.496. The van der Waals surface area contributed by atoms with Gasteiger partial charge in [-0.25, -0.2) is 4.98 Å². The number of benzene rings is 2. The van der Waals surface area contributed by atoms with Gasteiger partial charge in [0.2, 0.25) is 0 Å². The summed E-state index contributed by atoms with van der Waals surface area (Å²) in [6.07, 6.45) is 3.44. The maximum absolute atomic E-state index is 12.7. The standard InChI is InChI=1S/C22H17ClN4O/c23-16-7-9-17(10-8-16)27-22(28)19-5-3-12-25-21(19)26-14-15-11-13-24-20-6-2-1-4-18(15)20/h1-13H,14H2,(H,25,26)(H,27,28). The summed E-state index contributed by atoms with van der Waals surface area (Å²) in [5, 5.41) is 7.83. The smallest absolute Gasteiger partial charge is 0.259 e. The first kappa shape index (κ1) is 17.9. The van der Waals surface area contributed by atoms with Crippen molar-refractivity contribution in [3.63, 3.8) is 0 Å². The summed E-state index contributed by atoms with van der Waals surface area (Å²) in [5.41, 5.74) is 3.16. The average molecular weight is 389 g/mol.